The van der Waals surface area contributed by atoms with Crippen molar-refractivity contribution in [2.24, 2.45) is 9.98 Å². The quantitative estimate of drug-likeness (QED) is 0.00781. The van der Waals surface area contributed by atoms with Gasteiger partial charge in [0.25, 0.3) is 0 Å². The van der Waals surface area contributed by atoms with Crippen LogP contribution in [0.4, 0.5) is 52.9 Å². The number of nitrogen functional groups attached to an aromatic ring is 4. The molecular formula is C69H80N28. The second-order valence-electron chi connectivity index (χ2n) is 22.6. The largest absolute Gasteiger partial charge is 0.399 e. The van der Waals surface area contributed by atoms with Crippen molar-refractivity contribution < 1.29 is 0 Å². The molecule has 28 heteroatoms. The van der Waals surface area contributed by atoms with Gasteiger partial charge in [0.15, 0.2) is 11.5 Å². The maximum atomic E-state index is 8.59. The fraction of sp³-hybridized carbons (Fsp3) is 0.232. The van der Waals surface area contributed by atoms with Crippen LogP contribution in [0.2, 0.25) is 0 Å². The molecule has 0 aliphatic heterocycles. The molecule has 0 spiro atoms. The summed E-state index contributed by atoms with van der Waals surface area (Å²) in [5, 5.41) is 59.8. The van der Waals surface area contributed by atoms with Gasteiger partial charge in [-0.05, 0) is 96.2 Å². The first-order chi connectivity index (χ1) is 47.3. The maximum absolute atomic E-state index is 8.59. The molecule has 0 aliphatic carbocycles. The molecule has 0 saturated heterocycles. The summed E-state index contributed by atoms with van der Waals surface area (Å²) in [5.41, 5.74) is 35.6. The van der Waals surface area contributed by atoms with Gasteiger partial charge >= 0.3 is 0 Å². The number of hydrogen-bond acceptors (Lipinski definition) is 23. The monoisotopic (exact) mass is 1300 g/mol. The average Bonchev–Trinajstić information content (AvgIpc) is 1.71. The van der Waals surface area contributed by atoms with Gasteiger partial charge in [0.2, 0.25) is 35.7 Å². The van der Waals surface area contributed by atoms with Crippen molar-refractivity contribution >= 4 is 99.8 Å². The van der Waals surface area contributed by atoms with E-state index < -0.39 is 0 Å². The number of rotatable bonds is 34. The van der Waals surface area contributed by atoms with Gasteiger partial charge in [-0.25, -0.2) is 15.0 Å². The first-order valence-electron chi connectivity index (χ1n) is 31.9. The molecule has 20 N–H and O–H groups in total. The average molecular weight is 1300 g/mol. The summed E-state index contributed by atoms with van der Waals surface area (Å²) in [5.74, 6) is 3.30. The fourth-order valence-electron chi connectivity index (χ4n) is 9.83. The van der Waals surface area contributed by atoms with Gasteiger partial charge in [-0.2, -0.15) is 29.9 Å². The number of unbranched alkanes of at least 4 members (excludes halogenated alkanes) is 3. The van der Waals surface area contributed by atoms with Crippen LogP contribution in [-0.4, -0.2) is 118 Å². The second-order valence-corrected chi connectivity index (χ2v) is 22.6. The van der Waals surface area contributed by atoms with Gasteiger partial charge in [0.05, 0.1) is 12.0 Å². The predicted molar refractivity (Wildman–Crippen MR) is 387 cm³/mol. The van der Waals surface area contributed by atoms with Crippen molar-refractivity contribution in [2.45, 2.75) is 71.2 Å². The molecular weight excluding hydrogens is 1220 g/mol. The van der Waals surface area contributed by atoms with Crippen LogP contribution in [0.3, 0.4) is 0 Å². The molecule has 0 atom stereocenters. The van der Waals surface area contributed by atoms with Crippen LogP contribution in [0, 0.1) is 21.6 Å². The summed E-state index contributed by atoms with van der Waals surface area (Å²) in [6, 6.07) is 46.3. The number of imidazole rings is 1. The van der Waals surface area contributed by atoms with Crippen LogP contribution in [0.1, 0.15) is 94.2 Å². The smallest absolute Gasteiger partial charge is 0.229 e. The maximum Gasteiger partial charge on any atom is 0.229 e. The van der Waals surface area contributed by atoms with Crippen LogP contribution >= 0.6 is 0 Å². The molecule has 0 saturated carbocycles. The zero-order valence-electron chi connectivity index (χ0n) is 53.7. The van der Waals surface area contributed by atoms with Crippen LogP contribution in [0.5, 0.6) is 0 Å². The Balaban J connectivity index is 0.546. The number of benzene rings is 6. The molecule has 0 unspecified atom stereocenters. The third kappa shape index (κ3) is 21.0. The topological polar surface area (TPSA) is 441 Å². The zero-order valence-corrected chi connectivity index (χ0v) is 53.7. The van der Waals surface area contributed by atoms with Crippen molar-refractivity contribution in [1.82, 2.24) is 70.7 Å². The minimum Gasteiger partial charge on any atom is -0.399 e. The van der Waals surface area contributed by atoms with Crippen molar-refractivity contribution in [3.8, 4) is 0 Å². The molecule has 496 valence electrons. The molecule has 0 radical (unpaired) electrons. The number of fused-ring (bicyclic) bond motifs is 1. The Morgan fingerprint density at radius 3 is 1.33 bits per heavy atom. The van der Waals surface area contributed by atoms with E-state index in [4.69, 9.17) is 44.6 Å². The summed E-state index contributed by atoms with van der Waals surface area (Å²) < 4.78 is 1.99. The van der Waals surface area contributed by atoms with E-state index in [0.717, 1.165) is 112 Å². The highest BCUT2D eigenvalue weighted by Crippen LogP contribution is 2.19. The predicted octanol–water partition coefficient (Wildman–Crippen LogP) is 8.24. The van der Waals surface area contributed by atoms with Crippen molar-refractivity contribution in [2.75, 3.05) is 76.9 Å². The highest BCUT2D eigenvalue weighted by Gasteiger charge is 2.12. The molecule has 10 aromatic rings. The Kier molecular flexibility index (Phi) is 23.9. The Labute approximate surface area is 561 Å². The van der Waals surface area contributed by atoms with E-state index in [-0.39, 0.29) is 11.9 Å². The lowest BCUT2D eigenvalue weighted by atomic mass is 10.1. The van der Waals surface area contributed by atoms with Crippen molar-refractivity contribution in [3.05, 3.63) is 214 Å². The van der Waals surface area contributed by atoms with Crippen LogP contribution in [0.15, 0.2) is 168 Å². The summed E-state index contributed by atoms with van der Waals surface area (Å²) >= 11 is 0. The van der Waals surface area contributed by atoms with E-state index >= 15 is 0 Å². The first-order valence-corrected chi connectivity index (χ1v) is 31.9. The fourth-order valence-corrected chi connectivity index (χ4v) is 9.83. The number of aryl methyl sites for hydroxylation is 1. The molecule has 0 aliphatic rings. The Hall–Kier alpha value is -12.5. The third-order valence-electron chi connectivity index (χ3n) is 15.3. The lowest BCUT2D eigenvalue weighted by molar-refractivity contribution is 0.624. The lowest BCUT2D eigenvalue weighted by Gasteiger charge is -2.11. The Morgan fingerprint density at radius 1 is 0.412 bits per heavy atom. The standard InChI is InChI=1S/C69H80N28/c70-55-27-15-49(16-28-55)39-84-60(73)53-23-25-54(26-24-53)61(74)85-40-50-17-29-56(30-18-50)83-38-46-11-13-48(14-12-46)42-87-69-94-65(77)92-67(96-69)82-35-4-2-33-80-59(72)52-21-19-51(20-22-52)58(71)79-32-1-3-34-81-66-91-64(76)93-68(95-66)86-41-47-9-7-45(8-10-47)37-78-31-5-6-36-97-44-90-57-62(75)88-43-89-63(57)97/h7-30,37-38,43-44H,1-6,31-36,39-42,70H2,(H2,71,79)(H2,72,80)(H2,73,84)(H2,74,85)(H2,75,88,89)(H4,76,81,86,91,93,95)(H4,77,82,87,92,94,96). The summed E-state index contributed by atoms with van der Waals surface area (Å²) in [6.07, 6.45) is 11.9. The van der Waals surface area contributed by atoms with Crippen LogP contribution in [0.25, 0.3) is 11.2 Å². The summed E-state index contributed by atoms with van der Waals surface area (Å²) in [6.45, 7) is 5.85. The van der Waals surface area contributed by atoms with E-state index in [1.807, 2.05) is 163 Å². The number of nitrogens with zero attached hydrogens (tertiary/aromatic N) is 12. The molecule has 0 bridgehead atoms. The number of nitrogens with two attached hydrogens (primary N) is 4. The van der Waals surface area contributed by atoms with Crippen LogP contribution in [-0.2, 0) is 32.7 Å². The normalized spacial score (nSPS) is 11.2. The number of hydrogen-bond donors (Lipinski definition) is 16. The van der Waals surface area contributed by atoms with E-state index in [1.165, 1.54) is 6.33 Å². The molecule has 28 nitrogen and oxygen atoms in total. The minimum absolute atomic E-state index is 0.0995. The van der Waals surface area contributed by atoms with E-state index in [9.17, 15) is 0 Å². The van der Waals surface area contributed by atoms with Crippen LogP contribution < -0.4 is 65.5 Å². The highest BCUT2D eigenvalue weighted by molar-refractivity contribution is 6.01. The summed E-state index contributed by atoms with van der Waals surface area (Å²) in [4.78, 5) is 47.9. The van der Waals surface area contributed by atoms with Gasteiger partial charge in [0.1, 0.15) is 35.2 Å². The molecule has 4 aromatic heterocycles. The van der Waals surface area contributed by atoms with E-state index in [2.05, 4.69) is 97.4 Å². The lowest BCUT2D eigenvalue weighted by Crippen LogP contribution is -2.26. The molecule has 10 rings (SSSR count). The van der Waals surface area contributed by atoms with E-state index in [0.29, 0.717) is 123 Å². The third-order valence-corrected chi connectivity index (χ3v) is 15.3. The molecule has 0 fully saturated rings. The van der Waals surface area contributed by atoms with Gasteiger partial charge in [0, 0.05) is 106 Å². The molecule has 97 heavy (non-hydrogen) atoms. The first kappa shape index (κ1) is 67.4. The number of nitrogens with one attached hydrogen (secondary N) is 12. The summed E-state index contributed by atoms with van der Waals surface area (Å²) in [7, 11) is 0. The van der Waals surface area contributed by atoms with Gasteiger partial charge in [-0.1, -0.05) is 121 Å². The number of amidine groups is 4. The zero-order chi connectivity index (χ0) is 67.6. The van der Waals surface area contributed by atoms with E-state index in [1.54, 1.807) is 6.33 Å². The minimum atomic E-state index is 0.0995. The van der Waals surface area contributed by atoms with Gasteiger partial charge in [-0.3, -0.25) is 31.6 Å². The number of anilines is 8. The van der Waals surface area contributed by atoms with Gasteiger partial charge < -0.3 is 70.0 Å². The SMILES string of the molecule is N=C(NCCCCNc1nc(N)nc(NCc2ccc(C=NCCCCn3cnc4c(N)ncnc43)cc2)n1)c1ccc(C(=N)NCCCCNc2nc(N)nc(NCc3ccc(C=Nc4ccc(CNC(=N)c5ccc(C(=N)NCc6ccc(N)cc6)cc5)cc4)cc3)n2)cc1. The Morgan fingerprint density at radius 2 is 0.835 bits per heavy atom. The molecule has 6 aromatic carbocycles. The molecule has 4 heterocycles. The van der Waals surface area contributed by atoms with Crippen molar-refractivity contribution in [1.29, 1.82) is 21.6 Å². The van der Waals surface area contributed by atoms with Crippen molar-refractivity contribution in [3.63, 3.8) is 0 Å². The number of aromatic nitrogens is 10. The Bertz CT molecular complexity index is 4290. The second kappa shape index (κ2) is 34.4. The molecule has 0 amide bonds. The highest BCUT2D eigenvalue weighted by atomic mass is 15.3. The van der Waals surface area contributed by atoms with Gasteiger partial charge in [-0.15, -0.1) is 0 Å². The number of aliphatic imine (C=N–C) groups is 2.